The Bertz CT molecular complexity index is 2270. The zero-order chi connectivity index (χ0) is 40.4. The maximum absolute atomic E-state index is 7.13. The average molecular weight is 787 g/mol. The number of nitriles is 2. The van der Waals surface area contributed by atoms with Crippen molar-refractivity contribution >= 4 is 25.3 Å². The van der Waals surface area contributed by atoms with Crippen molar-refractivity contribution in [2.45, 2.75) is 25.9 Å². The molecule has 0 atom stereocenters. The van der Waals surface area contributed by atoms with Gasteiger partial charge in [0, 0.05) is 59.4 Å². The second-order valence-electron chi connectivity index (χ2n) is 13.4. The van der Waals surface area contributed by atoms with Crippen LogP contribution in [0.4, 0.5) is 0 Å². The first-order valence-electron chi connectivity index (χ1n) is 19.2. The predicted molar refractivity (Wildman–Crippen MR) is 241 cm³/mol. The number of unbranched alkanes of at least 4 members (excludes halogenated alkanes) is 1. The normalized spacial score (nSPS) is 10.1. The van der Waals surface area contributed by atoms with Crippen molar-refractivity contribution in [1.82, 2.24) is 0 Å². The molecule has 0 saturated heterocycles. The summed E-state index contributed by atoms with van der Waals surface area (Å²) in [6.45, 7) is 1.79. The number of hydrogen-bond acceptors (Lipinski definition) is 4. The van der Waals surface area contributed by atoms with Crippen molar-refractivity contribution in [2.24, 2.45) is 0 Å². The van der Waals surface area contributed by atoms with E-state index in [4.69, 9.17) is 10.5 Å². The summed E-state index contributed by atoms with van der Waals surface area (Å²) in [6, 6.07) is 74.4. The fourth-order valence-corrected chi connectivity index (χ4v) is 7.25. The molecule has 0 N–H and O–H groups in total. The molecule has 6 aromatic carbocycles. The largest absolute Gasteiger partial charge is 0.696 e. The van der Waals surface area contributed by atoms with Gasteiger partial charge in [0.25, 0.3) is 0 Å². The molecule has 4 nitrogen and oxygen atoms in total. The van der Waals surface area contributed by atoms with Crippen LogP contribution in [0, 0.1) is 21.3 Å². The van der Waals surface area contributed by atoms with Gasteiger partial charge in [-0.05, 0) is 70.8 Å². The van der Waals surface area contributed by atoms with Gasteiger partial charge in [-0.15, -0.1) is 0 Å². The van der Waals surface area contributed by atoms with E-state index in [2.05, 4.69) is 241 Å². The van der Waals surface area contributed by atoms with E-state index in [-0.39, 0.29) is 0 Å². The molecule has 0 amide bonds. The quantitative estimate of drug-likeness (QED) is 0.0567. The van der Waals surface area contributed by atoms with E-state index < -0.39 is 0 Å². The lowest BCUT2D eigenvalue weighted by atomic mass is 9.98. The highest BCUT2D eigenvalue weighted by atomic mass is 32.1. The van der Waals surface area contributed by atoms with Gasteiger partial charge in [-0.1, -0.05) is 144 Å². The molecule has 0 spiro atoms. The highest BCUT2D eigenvalue weighted by Crippen LogP contribution is 2.31. The summed E-state index contributed by atoms with van der Waals surface area (Å²) < 4.78 is 5.08. The van der Waals surface area contributed by atoms with Gasteiger partial charge in [-0.3, -0.25) is 0 Å². The molecule has 58 heavy (non-hydrogen) atoms. The lowest BCUT2D eigenvalue weighted by molar-refractivity contribution is -0.687. The maximum atomic E-state index is 7.13. The molecule has 0 aliphatic rings. The molecule has 0 unspecified atom stereocenters. The molecule has 2 heterocycles. The molecule has 8 rings (SSSR count). The predicted octanol–water partition coefficient (Wildman–Crippen LogP) is 11.8. The summed E-state index contributed by atoms with van der Waals surface area (Å²) >= 11 is 7.40. The molecule has 0 radical (unpaired) electrons. The van der Waals surface area contributed by atoms with E-state index in [0.717, 1.165) is 25.9 Å². The first-order chi connectivity index (χ1) is 28.6. The third-order valence-corrected chi connectivity index (χ3v) is 9.84. The van der Waals surface area contributed by atoms with E-state index in [9.17, 15) is 0 Å². The van der Waals surface area contributed by atoms with Crippen LogP contribution in [0.3, 0.4) is 0 Å². The number of rotatable bonds is 11. The van der Waals surface area contributed by atoms with Crippen LogP contribution in [0.2, 0.25) is 0 Å². The Hall–Kier alpha value is -6.96. The third kappa shape index (κ3) is 10.5. The fourth-order valence-electron chi connectivity index (χ4n) is 7.25. The smallest absolute Gasteiger partial charge is 0.213 e. The molecule has 8 aromatic rings. The van der Waals surface area contributed by atoms with Gasteiger partial charge in [0.15, 0.2) is 0 Å². The number of pyridine rings is 2. The summed E-state index contributed by atoms with van der Waals surface area (Å²) in [7, 11) is 0. The van der Waals surface area contributed by atoms with Gasteiger partial charge in [-0.25, -0.2) is 10.5 Å². The Morgan fingerprint density at radius 3 is 0.707 bits per heavy atom. The van der Waals surface area contributed by atoms with Crippen LogP contribution in [0.25, 0.3) is 67.3 Å². The van der Waals surface area contributed by atoms with E-state index in [1.165, 1.54) is 78.1 Å². The minimum absolute atomic E-state index is 0.896. The van der Waals surface area contributed by atoms with Crippen molar-refractivity contribution in [3.05, 3.63) is 206 Å². The van der Waals surface area contributed by atoms with Gasteiger partial charge in [0.1, 0.15) is 13.1 Å². The highest BCUT2D eigenvalue weighted by Gasteiger charge is 2.25. The molecule has 0 aliphatic carbocycles. The van der Waals surface area contributed by atoms with Crippen molar-refractivity contribution in [1.29, 1.82) is 10.5 Å². The molecular weight excluding hydrogens is 745 g/mol. The van der Waals surface area contributed by atoms with Crippen molar-refractivity contribution < 1.29 is 9.13 Å². The third-order valence-electron chi connectivity index (χ3n) is 9.84. The summed E-state index contributed by atoms with van der Waals surface area (Å²) in [5.74, 6) is 0. The molecule has 6 heteroatoms. The topological polar surface area (TPSA) is 55.3 Å². The zero-order valence-electron chi connectivity index (χ0n) is 32.1. The minimum atomic E-state index is 0.896. The van der Waals surface area contributed by atoms with E-state index in [1.807, 2.05) is 0 Å². The number of nitrogens with zero attached hydrogens (tertiary/aromatic N) is 4. The van der Waals surface area contributed by atoms with Crippen LogP contribution < -0.4 is 9.13 Å². The van der Waals surface area contributed by atoms with E-state index >= 15 is 0 Å². The Kier molecular flexibility index (Phi) is 15.0. The summed E-state index contributed by atoms with van der Waals surface area (Å²) in [5.41, 5.74) is 14.7. The van der Waals surface area contributed by atoms with Crippen LogP contribution in [0.15, 0.2) is 206 Å². The number of benzene rings is 6. The van der Waals surface area contributed by atoms with Crippen LogP contribution >= 0.6 is 0 Å². The zero-order valence-corrected chi connectivity index (χ0v) is 33.7. The van der Waals surface area contributed by atoms with Crippen molar-refractivity contribution in [2.75, 3.05) is 0 Å². The monoisotopic (exact) mass is 786 g/mol. The number of hydrogen-bond donors (Lipinski definition) is 0. The van der Waals surface area contributed by atoms with Crippen molar-refractivity contribution in [3.63, 3.8) is 0 Å². The first kappa shape index (κ1) is 40.7. The lowest BCUT2D eigenvalue weighted by Gasteiger charge is -2.14. The first-order valence-corrected chi connectivity index (χ1v) is 20.0. The standard InChI is InChI=1S/C50H42N2.2CHNS/c1-7-21-39(22-8-1)45-35-47(41-25-11-3-12-26-41)51(48(36-45)42-27-13-4-14-28-42)33-19-20-34-52-49(43-29-15-5-16-30-43)37-46(40-23-9-2-10-24-40)38-50(52)44-31-17-6-18-32-44;2*2-1-3/h1-18,21-32,35-38H,19-20,33-34H2;2*3H/q+2;;/p-2. The average Bonchev–Trinajstić information content (AvgIpc) is 3.30. The summed E-state index contributed by atoms with van der Waals surface area (Å²) in [6.07, 6.45) is 2.04. The summed E-state index contributed by atoms with van der Waals surface area (Å²) in [4.78, 5) is 0. The number of thiocyanates is 2. The highest BCUT2D eigenvalue weighted by molar-refractivity contribution is 7.64. The molecule has 0 bridgehead atoms. The fraction of sp³-hybridized carbons (Fsp3) is 0.0769. The lowest BCUT2D eigenvalue weighted by Crippen LogP contribution is -2.41. The molecule has 282 valence electrons. The molecule has 0 fully saturated rings. The molecular formula is C52H42N4S2. The van der Waals surface area contributed by atoms with Gasteiger partial charge < -0.3 is 25.3 Å². The SMILES string of the molecule is N#C[S-].N#C[S-].c1ccc(-c2cc(-c3ccccc3)[n+](CCCC[n+]3c(-c4ccccc4)cc(-c4ccccc4)cc3-c3ccccc3)c(-c3ccccc3)c2)cc1. The molecule has 0 aliphatic heterocycles. The Morgan fingerprint density at radius 1 is 0.310 bits per heavy atom. The van der Waals surface area contributed by atoms with Crippen LogP contribution in [-0.4, -0.2) is 0 Å². The second-order valence-corrected chi connectivity index (χ2v) is 13.8. The van der Waals surface area contributed by atoms with Gasteiger partial charge in [0.2, 0.25) is 22.8 Å². The van der Waals surface area contributed by atoms with E-state index in [1.54, 1.807) is 0 Å². The number of aromatic nitrogens is 2. The second kappa shape index (κ2) is 21.4. The van der Waals surface area contributed by atoms with Gasteiger partial charge >= 0.3 is 0 Å². The van der Waals surface area contributed by atoms with Gasteiger partial charge in [0.05, 0.1) is 0 Å². The van der Waals surface area contributed by atoms with E-state index in [0.29, 0.717) is 0 Å². The summed E-state index contributed by atoms with van der Waals surface area (Å²) in [5, 5.41) is 16.9. The molecule has 2 aromatic heterocycles. The van der Waals surface area contributed by atoms with Crippen LogP contribution in [-0.2, 0) is 38.3 Å². The Labute approximate surface area is 353 Å². The van der Waals surface area contributed by atoms with Gasteiger partial charge in [-0.2, -0.15) is 9.13 Å². The molecule has 0 saturated carbocycles. The van der Waals surface area contributed by atoms with Crippen LogP contribution in [0.5, 0.6) is 0 Å². The Morgan fingerprint density at radius 2 is 0.500 bits per heavy atom. The maximum Gasteiger partial charge on any atom is 0.213 e. The van der Waals surface area contributed by atoms with Crippen molar-refractivity contribution in [3.8, 4) is 78.1 Å². The van der Waals surface area contributed by atoms with Crippen LogP contribution in [0.1, 0.15) is 12.8 Å². The minimum Gasteiger partial charge on any atom is -0.696 e. The Balaban J connectivity index is 0.000000892.